The van der Waals surface area contributed by atoms with Gasteiger partial charge in [-0.15, -0.1) is 0 Å². The summed E-state index contributed by atoms with van der Waals surface area (Å²) in [6.45, 7) is 5.34. The molecule has 0 radical (unpaired) electrons. The summed E-state index contributed by atoms with van der Waals surface area (Å²) in [6, 6.07) is 1.64. The first kappa shape index (κ1) is 12.7. The van der Waals surface area contributed by atoms with Gasteiger partial charge in [0.2, 0.25) is 0 Å². The molecule has 0 bridgehead atoms. The van der Waals surface area contributed by atoms with Gasteiger partial charge in [0, 0.05) is 0 Å². The maximum Gasteiger partial charge on any atom is 0.338 e. The second-order valence-corrected chi connectivity index (χ2v) is 6.31. The molecule has 104 valence electrons. The lowest BCUT2D eigenvalue weighted by Crippen LogP contribution is -2.39. The minimum Gasteiger partial charge on any atom is -0.478 e. The standard InChI is InChI=1S/C15H21NO3/c1-15(12-2-3-12)4-6-16(7-5-15)9-13-8-11(10-19-13)14(17)18/h8,10,12H,2-7,9H2,1H3,(H,17,18). The van der Waals surface area contributed by atoms with Crippen molar-refractivity contribution in [1.29, 1.82) is 0 Å². The largest absolute Gasteiger partial charge is 0.478 e. The van der Waals surface area contributed by atoms with E-state index in [9.17, 15) is 4.79 Å². The average molecular weight is 263 g/mol. The van der Waals surface area contributed by atoms with Crippen LogP contribution in [0.15, 0.2) is 16.7 Å². The van der Waals surface area contributed by atoms with Crippen LogP contribution in [0.4, 0.5) is 0 Å². The van der Waals surface area contributed by atoms with Crippen LogP contribution in [-0.4, -0.2) is 29.1 Å². The highest BCUT2D eigenvalue weighted by atomic mass is 16.4. The molecule has 1 aromatic heterocycles. The van der Waals surface area contributed by atoms with Gasteiger partial charge >= 0.3 is 5.97 Å². The van der Waals surface area contributed by atoms with Gasteiger partial charge in [-0.2, -0.15) is 0 Å². The first-order valence-electron chi connectivity index (χ1n) is 7.10. The van der Waals surface area contributed by atoms with Crippen molar-refractivity contribution in [3.05, 3.63) is 23.7 Å². The number of furan rings is 1. The number of hydrogen-bond acceptors (Lipinski definition) is 3. The Bertz CT molecular complexity index is 467. The second kappa shape index (κ2) is 4.67. The SMILES string of the molecule is CC1(C2CC2)CCN(Cc2cc(C(=O)O)co2)CC1. The fourth-order valence-electron chi connectivity index (χ4n) is 3.21. The molecule has 1 saturated heterocycles. The summed E-state index contributed by atoms with van der Waals surface area (Å²) in [5, 5.41) is 8.87. The lowest BCUT2D eigenvalue weighted by Gasteiger charge is -2.39. The monoisotopic (exact) mass is 263 g/mol. The number of nitrogens with zero attached hydrogens (tertiary/aromatic N) is 1. The number of piperidine rings is 1. The van der Waals surface area contributed by atoms with Gasteiger partial charge in [0.15, 0.2) is 0 Å². The first-order chi connectivity index (χ1) is 9.07. The van der Waals surface area contributed by atoms with Gasteiger partial charge in [0.1, 0.15) is 12.0 Å². The Kier molecular flexibility index (Phi) is 3.13. The van der Waals surface area contributed by atoms with Gasteiger partial charge < -0.3 is 9.52 Å². The molecule has 0 spiro atoms. The molecular formula is C15H21NO3. The van der Waals surface area contributed by atoms with Gasteiger partial charge in [0.05, 0.1) is 12.1 Å². The van der Waals surface area contributed by atoms with Gasteiger partial charge in [-0.05, 0) is 56.2 Å². The van der Waals surface area contributed by atoms with Crippen LogP contribution in [0, 0.1) is 11.3 Å². The molecule has 0 atom stereocenters. The molecule has 1 aromatic rings. The van der Waals surface area contributed by atoms with Crippen molar-refractivity contribution in [2.24, 2.45) is 11.3 Å². The Balaban J connectivity index is 1.55. The van der Waals surface area contributed by atoms with Crippen LogP contribution in [0.3, 0.4) is 0 Å². The van der Waals surface area contributed by atoms with Crippen LogP contribution in [0.1, 0.15) is 48.7 Å². The number of carboxylic acid groups (broad SMARTS) is 1. The Morgan fingerprint density at radius 3 is 2.68 bits per heavy atom. The Hall–Kier alpha value is -1.29. The van der Waals surface area contributed by atoms with E-state index in [4.69, 9.17) is 9.52 Å². The van der Waals surface area contributed by atoms with Gasteiger partial charge in [-0.1, -0.05) is 6.92 Å². The molecular weight excluding hydrogens is 242 g/mol. The summed E-state index contributed by atoms with van der Waals surface area (Å²) >= 11 is 0. The third kappa shape index (κ3) is 2.68. The van der Waals surface area contributed by atoms with E-state index in [0.717, 1.165) is 31.3 Å². The van der Waals surface area contributed by atoms with Crippen LogP contribution in [0.2, 0.25) is 0 Å². The van der Waals surface area contributed by atoms with E-state index in [1.807, 2.05) is 0 Å². The van der Waals surface area contributed by atoms with Crippen LogP contribution in [0.25, 0.3) is 0 Å². The summed E-state index contributed by atoms with van der Waals surface area (Å²) in [6.07, 6.45) is 6.66. The zero-order chi connectivity index (χ0) is 13.5. The minimum absolute atomic E-state index is 0.245. The van der Waals surface area contributed by atoms with Crippen molar-refractivity contribution in [2.75, 3.05) is 13.1 Å². The zero-order valence-corrected chi connectivity index (χ0v) is 11.4. The summed E-state index contributed by atoms with van der Waals surface area (Å²) in [4.78, 5) is 13.2. The van der Waals surface area contributed by atoms with E-state index < -0.39 is 5.97 Å². The molecule has 1 aliphatic heterocycles. The van der Waals surface area contributed by atoms with Crippen molar-refractivity contribution in [2.45, 2.75) is 39.2 Å². The maximum absolute atomic E-state index is 10.8. The second-order valence-electron chi connectivity index (χ2n) is 6.31. The Morgan fingerprint density at radius 1 is 1.47 bits per heavy atom. The topological polar surface area (TPSA) is 53.7 Å². The lowest BCUT2D eigenvalue weighted by atomic mass is 9.76. The number of likely N-dealkylation sites (tertiary alicyclic amines) is 1. The fourth-order valence-corrected chi connectivity index (χ4v) is 3.21. The summed E-state index contributed by atoms with van der Waals surface area (Å²) in [5.74, 6) is 0.791. The van der Waals surface area contributed by atoms with Gasteiger partial charge in [-0.3, -0.25) is 4.90 Å². The summed E-state index contributed by atoms with van der Waals surface area (Å²) in [7, 11) is 0. The predicted molar refractivity (Wildman–Crippen MR) is 71.0 cm³/mol. The van der Waals surface area contributed by atoms with Crippen LogP contribution >= 0.6 is 0 Å². The molecule has 0 unspecified atom stereocenters. The third-order valence-electron chi connectivity index (χ3n) is 4.84. The van der Waals surface area contributed by atoms with E-state index in [0.29, 0.717) is 5.41 Å². The quantitative estimate of drug-likeness (QED) is 0.907. The number of hydrogen-bond donors (Lipinski definition) is 1. The average Bonchev–Trinajstić information content (AvgIpc) is 3.14. The Morgan fingerprint density at radius 2 is 2.16 bits per heavy atom. The minimum atomic E-state index is -0.921. The number of carbonyl (C=O) groups is 1. The predicted octanol–water partition coefficient (Wildman–Crippen LogP) is 2.99. The van der Waals surface area contributed by atoms with Crippen LogP contribution in [-0.2, 0) is 6.54 Å². The molecule has 1 aliphatic carbocycles. The summed E-state index contributed by atoms with van der Waals surface area (Å²) < 4.78 is 5.32. The number of rotatable bonds is 4. The van der Waals surface area contributed by atoms with Crippen molar-refractivity contribution in [3.63, 3.8) is 0 Å². The van der Waals surface area contributed by atoms with E-state index in [2.05, 4.69) is 11.8 Å². The van der Waals surface area contributed by atoms with Gasteiger partial charge in [0.25, 0.3) is 0 Å². The van der Waals surface area contributed by atoms with Crippen LogP contribution < -0.4 is 0 Å². The molecule has 4 nitrogen and oxygen atoms in total. The molecule has 1 saturated carbocycles. The van der Waals surface area contributed by atoms with E-state index >= 15 is 0 Å². The van der Waals surface area contributed by atoms with E-state index in [1.54, 1.807) is 6.07 Å². The third-order valence-corrected chi connectivity index (χ3v) is 4.84. The summed E-state index contributed by atoms with van der Waals surface area (Å²) in [5.41, 5.74) is 0.793. The van der Waals surface area contributed by atoms with Crippen molar-refractivity contribution >= 4 is 5.97 Å². The highest BCUT2D eigenvalue weighted by Crippen LogP contribution is 2.51. The molecule has 3 rings (SSSR count). The molecule has 19 heavy (non-hydrogen) atoms. The van der Waals surface area contributed by atoms with Crippen molar-refractivity contribution in [1.82, 2.24) is 4.90 Å². The molecule has 2 heterocycles. The maximum atomic E-state index is 10.8. The van der Waals surface area contributed by atoms with Crippen LogP contribution in [0.5, 0.6) is 0 Å². The molecule has 2 aliphatic rings. The molecule has 4 heteroatoms. The number of carboxylic acids is 1. The highest BCUT2D eigenvalue weighted by Gasteiger charge is 2.42. The fraction of sp³-hybridized carbons (Fsp3) is 0.667. The first-order valence-corrected chi connectivity index (χ1v) is 7.10. The Labute approximate surface area is 113 Å². The molecule has 0 amide bonds. The molecule has 0 aromatic carbocycles. The smallest absolute Gasteiger partial charge is 0.338 e. The highest BCUT2D eigenvalue weighted by molar-refractivity contribution is 5.87. The van der Waals surface area contributed by atoms with E-state index in [-0.39, 0.29) is 5.56 Å². The van der Waals surface area contributed by atoms with Crippen molar-refractivity contribution < 1.29 is 14.3 Å². The molecule has 1 N–H and O–H groups in total. The lowest BCUT2D eigenvalue weighted by molar-refractivity contribution is 0.0696. The molecule has 2 fully saturated rings. The zero-order valence-electron chi connectivity index (χ0n) is 11.4. The van der Waals surface area contributed by atoms with Gasteiger partial charge in [-0.25, -0.2) is 4.79 Å². The normalized spacial score (nSPS) is 23.4. The van der Waals surface area contributed by atoms with E-state index in [1.165, 1.54) is 31.9 Å². The number of aromatic carboxylic acids is 1. The van der Waals surface area contributed by atoms with Crippen molar-refractivity contribution in [3.8, 4) is 0 Å².